The summed E-state index contributed by atoms with van der Waals surface area (Å²) < 4.78 is 16.2. The number of morpholine rings is 1. The number of rotatable bonds is 2. The van der Waals surface area contributed by atoms with Crippen LogP contribution < -0.4 is 9.47 Å². The Morgan fingerprint density at radius 1 is 1.33 bits per heavy atom. The highest BCUT2D eigenvalue weighted by molar-refractivity contribution is 6.32. The average Bonchev–Trinajstić information content (AvgIpc) is 2.54. The second-order valence-electron chi connectivity index (χ2n) is 4.89. The zero-order valence-corrected chi connectivity index (χ0v) is 12.1. The van der Waals surface area contributed by atoms with E-state index in [1.54, 1.807) is 17.0 Å². The number of halogens is 1. The van der Waals surface area contributed by atoms with Crippen molar-refractivity contribution in [3.8, 4) is 11.5 Å². The second-order valence-corrected chi connectivity index (χ2v) is 5.30. The molecular formula is C14H16ClNO5. The molecule has 0 aromatic heterocycles. The number of aliphatic hydroxyl groups is 1. The Bertz CT molecular complexity index is 550. The molecule has 1 amide bonds. The molecule has 1 atom stereocenters. The zero-order valence-electron chi connectivity index (χ0n) is 11.4. The van der Waals surface area contributed by atoms with E-state index in [2.05, 4.69) is 0 Å². The molecule has 0 saturated carbocycles. The van der Waals surface area contributed by atoms with Crippen LogP contribution in [0.3, 0.4) is 0 Å². The maximum Gasteiger partial charge on any atom is 0.254 e. The van der Waals surface area contributed by atoms with Crippen LogP contribution in [0.15, 0.2) is 12.1 Å². The van der Waals surface area contributed by atoms with E-state index in [-0.39, 0.29) is 18.6 Å². The molecule has 114 valence electrons. The number of ether oxygens (including phenoxy) is 3. The van der Waals surface area contributed by atoms with Crippen LogP contribution in [0.1, 0.15) is 10.4 Å². The van der Waals surface area contributed by atoms with Gasteiger partial charge in [0.15, 0.2) is 11.5 Å². The normalized spacial score (nSPS) is 21.2. The Morgan fingerprint density at radius 3 is 2.95 bits per heavy atom. The SMILES string of the molecule is O=C(c1cc(Cl)c2c(c1)OCCO2)N1CCOCC1CO. The zero-order chi connectivity index (χ0) is 14.8. The van der Waals surface area contributed by atoms with Gasteiger partial charge in [-0.2, -0.15) is 0 Å². The van der Waals surface area contributed by atoms with Crippen molar-refractivity contribution in [3.05, 3.63) is 22.7 Å². The number of carbonyl (C=O) groups is 1. The molecule has 1 aromatic rings. The molecule has 1 saturated heterocycles. The molecule has 2 heterocycles. The van der Waals surface area contributed by atoms with Crippen LogP contribution in [-0.4, -0.2) is 61.5 Å². The fourth-order valence-corrected chi connectivity index (χ4v) is 2.74. The lowest BCUT2D eigenvalue weighted by molar-refractivity contribution is -0.0184. The summed E-state index contributed by atoms with van der Waals surface area (Å²) in [5, 5.41) is 9.71. The minimum absolute atomic E-state index is 0.135. The third-order valence-corrected chi connectivity index (χ3v) is 3.82. The molecular weight excluding hydrogens is 298 g/mol. The first kappa shape index (κ1) is 14.4. The molecule has 7 heteroatoms. The fraction of sp³-hybridized carbons (Fsp3) is 0.500. The quantitative estimate of drug-likeness (QED) is 0.880. The molecule has 0 radical (unpaired) electrons. The number of fused-ring (bicyclic) bond motifs is 1. The third kappa shape index (κ3) is 2.79. The summed E-state index contributed by atoms with van der Waals surface area (Å²) in [6.45, 7) is 1.97. The molecule has 3 rings (SSSR count). The molecule has 2 aliphatic rings. The first-order valence-corrected chi connectivity index (χ1v) is 7.17. The van der Waals surface area contributed by atoms with Crippen molar-refractivity contribution in [1.29, 1.82) is 0 Å². The fourth-order valence-electron chi connectivity index (χ4n) is 2.47. The summed E-state index contributed by atoms with van der Waals surface area (Å²) in [5.74, 6) is 0.752. The summed E-state index contributed by atoms with van der Waals surface area (Å²) in [7, 11) is 0. The molecule has 1 N–H and O–H groups in total. The van der Waals surface area contributed by atoms with Crippen molar-refractivity contribution in [2.24, 2.45) is 0 Å². The highest BCUT2D eigenvalue weighted by atomic mass is 35.5. The van der Waals surface area contributed by atoms with Gasteiger partial charge in [0.25, 0.3) is 5.91 Å². The molecule has 0 spiro atoms. The molecule has 1 fully saturated rings. The van der Waals surface area contributed by atoms with Gasteiger partial charge in [0.2, 0.25) is 0 Å². The minimum Gasteiger partial charge on any atom is -0.486 e. The maximum absolute atomic E-state index is 12.6. The lowest BCUT2D eigenvalue weighted by Crippen LogP contribution is -2.50. The van der Waals surface area contributed by atoms with E-state index in [1.807, 2.05) is 0 Å². The number of amides is 1. The Kier molecular flexibility index (Phi) is 4.19. The van der Waals surface area contributed by atoms with Crippen molar-refractivity contribution in [3.63, 3.8) is 0 Å². The van der Waals surface area contributed by atoms with Crippen molar-refractivity contribution in [2.75, 3.05) is 39.6 Å². The van der Waals surface area contributed by atoms with Gasteiger partial charge in [0, 0.05) is 12.1 Å². The van der Waals surface area contributed by atoms with Crippen LogP contribution in [0, 0.1) is 0 Å². The summed E-state index contributed by atoms with van der Waals surface area (Å²) in [5.41, 5.74) is 0.421. The van der Waals surface area contributed by atoms with E-state index in [4.69, 9.17) is 25.8 Å². The van der Waals surface area contributed by atoms with Gasteiger partial charge in [-0.05, 0) is 12.1 Å². The molecule has 1 aromatic carbocycles. The number of hydrogen-bond donors (Lipinski definition) is 1. The van der Waals surface area contributed by atoms with Crippen molar-refractivity contribution in [2.45, 2.75) is 6.04 Å². The van der Waals surface area contributed by atoms with Gasteiger partial charge in [-0.15, -0.1) is 0 Å². The van der Waals surface area contributed by atoms with E-state index in [0.29, 0.717) is 55.1 Å². The molecule has 0 aliphatic carbocycles. The monoisotopic (exact) mass is 313 g/mol. The van der Waals surface area contributed by atoms with E-state index in [9.17, 15) is 9.90 Å². The van der Waals surface area contributed by atoms with Crippen LogP contribution in [0.5, 0.6) is 11.5 Å². The van der Waals surface area contributed by atoms with Crippen LogP contribution in [-0.2, 0) is 4.74 Å². The van der Waals surface area contributed by atoms with Crippen LogP contribution in [0.4, 0.5) is 0 Å². The van der Waals surface area contributed by atoms with Crippen molar-refractivity contribution in [1.82, 2.24) is 4.90 Å². The van der Waals surface area contributed by atoms with Gasteiger partial charge in [0.1, 0.15) is 13.2 Å². The number of aliphatic hydroxyl groups excluding tert-OH is 1. The standard InChI is InChI=1S/C14H16ClNO5/c15-11-5-9(6-12-13(11)21-4-3-20-12)14(18)16-1-2-19-8-10(16)7-17/h5-6,10,17H,1-4,7-8H2. The van der Waals surface area contributed by atoms with Crippen molar-refractivity contribution < 1.29 is 24.1 Å². The molecule has 21 heavy (non-hydrogen) atoms. The predicted octanol–water partition coefficient (Wildman–Crippen LogP) is 0.944. The van der Waals surface area contributed by atoms with E-state index < -0.39 is 0 Å². The van der Waals surface area contributed by atoms with Crippen LogP contribution in [0.25, 0.3) is 0 Å². The highest BCUT2D eigenvalue weighted by Gasteiger charge is 2.29. The third-order valence-electron chi connectivity index (χ3n) is 3.54. The van der Waals surface area contributed by atoms with Crippen LogP contribution in [0.2, 0.25) is 5.02 Å². The molecule has 2 aliphatic heterocycles. The molecule has 6 nitrogen and oxygen atoms in total. The summed E-state index contributed by atoms with van der Waals surface area (Å²) in [6, 6.07) is 2.87. The number of benzene rings is 1. The lowest BCUT2D eigenvalue weighted by Gasteiger charge is -2.34. The van der Waals surface area contributed by atoms with Gasteiger partial charge in [-0.25, -0.2) is 0 Å². The highest BCUT2D eigenvalue weighted by Crippen LogP contribution is 2.38. The summed E-state index contributed by atoms with van der Waals surface area (Å²) >= 11 is 6.15. The largest absolute Gasteiger partial charge is 0.486 e. The van der Waals surface area contributed by atoms with Gasteiger partial charge in [0.05, 0.1) is 30.9 Å². The van der Waals surface area contributed by atoms with Crippen LogP contribution >= 0.6 is 11.6 Å². The Morgan fingerprint density at radius 2 is 2.14 bits per heavy atom. The van der Waals surface area contributed by atoms with Crippen molar-refractivity contribution >= 4 is 17.5 Å². The number of nitrogens with zero attached hydrogens (tertiary/aromatic N) is 1. The van der Waals surface area contributed by atoms with Gasteiger partial charge < -0.3 is 24.2 Å². The smallest absolute Gasteiger partial charge is 0.254 e. The topological polar surface area (TPSA) is 68.2 Å². The van der Waals surface area contributed by atoms with Gasteiger partial charge in [-0.1, -0.05) is 11.6 Å². The minimum atomic E-state index is -0.335. The number of hydrogen-bond acceptors (Lipinski definition) is 5. The second kappa shape index (κ2) is 6.09. The first-order chi connectivity index (χ1) is 10.2. The van der Waals surface area contributed by atoms with Gasteiger partial charge in [-0.3, -0.25) is 4.79 Å². The van der Waals surface area contributed by atoms with E-state index in [1.165, 1.54) is 0 Å². The molecule has 0 bridgehead atoms. The summed E-state index contributed by atoms with van der Waals surface area (Å²) in [4.78, 5) is 14.2. The first-order valence-electron chi connectivity index (χ1n) is 6.79. The van der Waals surface area contributed by atoms with Gasteiger partial charge >= 0.3 is 0 Å². The molecule has 1 unspecified atom stereocenters. The summed E-state index contributed by atoms with van der Waals surface area (Å²) in [6.07, 6.45) is 0. The maximum atomic E-state index is 12.6. The van der Waals surface area contributed by atoms with E-state index in [0.717, 1.165) is 0 Å². The Balaban J connectivity index is 1.89. The lowest BCUT2D eigenvalue weighted by atomic mass is 10.1. The Labute approximate surface area is 127 Å². The predicted molar refractivity (Wildman–Crippen MR) is 75.2 cm³/mol. The number of carbonyl (C=O) groups excluding carboxylic acids is 1. The average molecular weight is 314 g/mol. The Hall–Kier alpha value is -1.50. The van der Waals surface area contributed by atoms with E-state index >= 15 is 0 Å².